The molecule has 0 radical (unpaired) electrons. The van der Waals surface area contributed by atoms with Crippen molar-refractivity contribution < 1.29 is 0 Å². The van der Waals surface area contributed by atoms with Crippen molar-refractivity contribution in [3.05, 3.63) is 0 Å². The zero-order valence-corrected chi connectivity index (χ0v) is 11.4. The predicted molar refractivity (Wildman–Crippen MR) is 70.1 cm³/mol. The summed E-state index contributed by atoms with van der Waals surface area (Å²) in [6, 6.07) is 0. The van der Waals surface area contributed by atoms with Crippen molar-refractivity contribution in [2.24, 2.45) is 11.1 Å². The van der Waals surface area contributed by atoms with Gasteiger partial charge in [-0.25, -0.2) is 0 Å². The van der Waals surface area contributed by atoms with E-state index in [0.29, 0.717) is 5.41 Å². The van der Waals surface area contributed by atoms with E-state index < -0.39 is 7.26 Å². The standard InChI is InChI=1S/C12H28NP/c1-5-12(8-6-7-9-12)11(10-13)14(2,3)4/h11,14H,5-10,13H2,1-4H3. The van der Waals surface area contributed by atoms with Crippen LogP contribution < -0.4 is 5.73 Å². The van der Waals surface area contributed by atoms with Gasteiger partial charge in [0.1, 0.15) is 0 Å². The number of hydrogen-bond donors (Lipinski definition) is 1. The SMILES string of the molecule is CCC1(C(CN)[PH](C)(C)C)CCCC1. The summed E-state index contributed by atoms with van der Waals surface area (Å²) < 4.78 is 0. The fourth-order valence-electron chi connectivity index (χ4n) is 3.55. The Bertz CT molecular complexity index is 177. The second-order valence-corrected chi connectivity index (χ2v) is 11.5. The summed E-state index contributed by atoms with van der Waals surface area (Å²) in [7, 11) is -1.07. The molecule has 1 nitrogen and oxygen atoms in total. The molecule has 1 aliphatic rings. The normalized spacial score (nSPS) is 24.9. The van der Waals surface area contributed by atoms with Crippen molar-refractivity contribution >= 4 is 7.26 Å². The summed E-state index contributed by atoms with van der Waals surface area (Å²) in [5.74, 6) is 0. The topological polar surface area (TPSA) is 26.0 Å². The molecular weight excluding hydrogens is 189 g/mol. The zero-order valence-electron chi connectivity index (χ0n) is 10.4. The van der Waals surface area contributed by atoms with Gasteiger partial charge in [0.2, 0.25) is 0 Å². The third-order valence-corrected chi connectivity index (χ3v) is 7.26. The van der Waals surface area contributed by atoms with E-state index >= 15 is 0 Å². The molecule has 1 fully saturated rings. The zero-order chi connectivity index (χ0) is 10.8. The Morgan fingerprint density at radius 1 is 1.21 bits per heavy atom. The third kappa shape index (κ3) is 2.31. The first-order valence-corrected chi connectivity index (χ1v) is 9.74. The average molecular weight is 217 g/mol. The van der Waals surface area contributed by atoms with Gasteiger partial charge in [0.15, 0.2) is 0 Å². The van der Waals surface area contributed by atoms with Crippen LogP contribution in [0, 0.1) is 5.41 Å². The fourth-order valence-corrected chi connectivity index (χ4v) is 6.59. The minimum atomic E-state index is -1.07. The molecule has 0 spiro atoms. The van der Waals surface area contributed by atoms with E-state index in [2.05, 4.69) is 26.9 Å². The predicted octanol–water partition coefficient (Wildman–Crippen LogP) is 2.92. The van der Waals surface area contributed by atoms with Gasteiger partial charge in [-0.05, 0) is 0 Å². The summed E-state index contributed by atoms with van der Waals surface area (Å²) in [5, 5.41) is 0. The van der Waals surface area contributed by atoms with Gasteiger partial charge in [-0.15, -0.1) is 0 Å². The van der Waals surface area contributed by atoms with Crippen LogP contribution in [0.25, 0.3) is 0 Å². The van der Waals surface area contributed by atoms with Gasteiger partial charge in [-0.2, -0.15) is 0 Å². The Morgan fingerprint density at radius 3 is 2.00 bits per heavy atom. The average Bonchev–Trinajstić information content (AvgIpc) is 2.53. The van der Waals surface area contributed by atoms with Crippen molar-refractivity contribution in [1.29, 1.82) is 0 Å². The number of rotatable bonds is 4. The second kappa shape index (κ2) is 4.49. The molecule has 0 bridgehead atoms. The van der Waals surface area contributed by atoms with Gasteiger partial charge in [-0.3, -0.25) is 0 Å². The first-order chi connectivity index (χ1) is 6.46. The molecule has 1 rings (SSSR count). The van der Waals surface area contributed by atoms with Crippen molar-refractivity contribution in [2.75, 3.05) is 26.5 Å². The molecule has 1 saturated carbocycles. The number of nitrogens with two attached hydrogens (primary N) is 1. The second-order valence-electron chi connectivity index (χ2n) is 6.08. The quantitative estimate of drug-likeness (QED) is 0.720. The molecule has 1 atom stereocenters. The van der Waals surface area contributed by atoms with Crippen molar-refractivity contribution in [1.82, 2.24) is 0 Å². The molecule has 0 aliphatic heterocycles. The Labute approximate surface area is 90.2 Å². The van der Waals surface area contributed by atoms with E-state index in [1.165, 1.54) is 32.1 Å². The van der Waals surface area contributed by atoms with E-state index in [4.69, 9.17) is 5.73 Å². The van der Waals surface area contributed by atoms with E-state index in [9.17, 15) is 0 Å². The van der Waals surface area contributed by atoms with E-state index in [1.807, 2.05) is 0 Å². The van der Waals surface area contributed by atoms with Crippen LogP contribution in [0.4, 0.5) is 0 Å². The van der Waals surface area contributed by atoms with Crippen LogP contribution in [0.5, 0.6) is 0 Å². The van der Waals surface area contributed by atoms with Gasteiger partial charge >= 0.3 is 89.6 Å². The van der Waals surface area contributed by atoms with E-state index in [0.717, 1.165) is 12.2 Å². The molecule has 14 heavy (non-hydrogen) atoms. The van der Waals surface area contributed by atoms with Gasteiger partial charge < -0.3 is 0 Å². The van der Waals surface area contributed by atoms with Crippen LogP contribution in [0.2, 0.25) is 0 Å². The molecule has 0 amide bonds. The van der Waals surface area contributed by atoms with Crippen molar-refractivity contribution in [2.45, 2.75) is 44.7 Å². The van der Waals surface area contributed by atoms with Gasteiger partial charge in [0.05, 0.1) is 0 Å². The first kappa shape index (κ1) is 12.5. The summed E-state index contributed by atoms with van der Waals surface area (Å²) in [6.07, 6.45) is 7.11. The molecule has 1 aliphatic carbocycles. The van der Waals surface area contributed by atoms with E-state index in [1.54, 1.807) is 0 Å². The van der Waals surface area contributed by atoms with Gasteiger partial charge in [-0.1, -0.05) is 0 Å². The Balaban J connectivity index is 2.85. The molecule has 0 aromatic heterocycles. The molecule has 0 aromatic carbocycles. The summed E-state index contributed by atoms with van der Waals surface area (Å²) >= 11 is 0. The molecule has 0 saturated heterocycles. The fraction of sp³-hybridized carbons (Fsp3) is 1.00. The first-order valence-electron chi connectivity index (χ1n) is 6.16. The van der Waals surface area contributed by atoms with Crippen LogP contribution in [0.1, 0.15) is 39.0 Å². The molecule has 0 heterocycles. The van der Waals surface area contributed by atoms with Crippen LogP contribution in [-0.4, -0.2) is 32.2 Å². The molecule has 86 valence electrons. The monoisotopic (exact) mass is 217 g/mol. The van der Waals surface area contributed by atoms with Crippen molar-refractivity contribution in [3.8, 4) is 0 Å². The van der Waals surface area contributed by atoms with Crippen LogP contribution >= 0.6 is 7.26 Å². The van der Waals surface area contributed by atoms with Crippen LogP contribution in [-0.2, 0) is 0 Å². The maximum atomic E-state index is 6.03. The van der Waals surface area contributed by atoms with Gasteiger partial charge in [0.25, 0.3) is 0 Å². The van der Waals surface area contributed by atoms with Crippen LogP contribution in [0.3, 0.4) is 0 Å². The Hall–Kier alpha value is 0.390. The molecular formula is C12H28NP. The minimum absolute atomic E-state index is 0.624. The molecule has 0 aromatic rings. The summed E-state index contributed by atoms with van der Waals surface area (Å²) in [5.41, 5.74) is 7.49. The van der Waals surface area contributed by atoms with E-state index in [-0.39, 0.29) is 0 Å². The van der Waals surface area contributed by atoms with Crippen molar-refractivity contribution in [3.63, 3.8) is 0 Å². The van der Waals surface area contributed by atoms with Crippen LogP contribution in [0.15, 0.2) is 0 Å². The summed E-state index contributed by atoms with van der Waals surface area (Å²) in [6.45, 7) is 10.7. The molecule has 1 unspecified atom stereocenters. The molecule has 2 N–H and O–H groups in total. The summed E-state index contributed by atoms with van der Waals surface area (Å²) in [4.78, 5) is 0. The van der Waals surface area contributed by atoms with Gasteiger partial charge in [0, 0.05) is 0 Å². The maximum absolute atomic E-state index is 6.03. The molecule has 2 heteroatoms. The third-order valence-electron chi connectivity index (χ3n) is 4.32. The Kier molecular flexibility index (Phi) is 4.00. The number of hydrogen-bond acceptors (Lipinski definition) is 1. The Morgan fingerprint density at radius 2 is 1.71 bits per heavy atom.